The van der Waals surface area contributed by atoms with E-state index in [-0.39, 0.29) is 28.8 Å². The zero-order chi connectivity index (χ0) is 18.9. The van der Waals surface area contributed by atoms with Gasteiger partial charge in [-0.3, -0.25) is 9.59 Å². The van der Waals surface area contributed by atoms with E-state index in [9.17, 15) is 14.7 Å². The van der Waals surface area contributed by atoms with Crippen LogP contribution in [0.5, 0.6) is 0 Å². The van der Waals surface area contributed by atoms with E-state index in [0.29, 0.717) is 24.7 Å². The number of Topliss-reactive ketones (excluding diaryl/α,β-unsaturated/α-hetero) is 1. The summed E-state index contributed by atoms with van der Waals surface area (Å²) in [5, 5.41) is 11.3. The van der Waals surface area contributed by atoms with Crippen LogP contribution in [0, 0.1) is 28.6 Å². The molecule has 0 unspecified atom stereocenters. The molecule has 4 heteroatoms. The molecule has 4 aliphatic rings. The lowest BCUT2D eigenvalue weighted by atomic mass is 9.50. The number of alkyl halides is 1. The molecule has 0 heterocycles. The van der Waals surface area contributed by atoms with Crippen LogP contribution in [0.15, 0.2) is 35.5 Å². The van der Waals surface area contributed by atoms with Crippen molar-refractivity contribution < 1.29 is 14.7 Å². The van der Waals surface area contributed by atoms with Crippen molar-refractivity contribution in [1.82, 2.24) is 0 Å². The fourth-order valence-electron chi connectivity index (χ4n) is 6.51. The quantitative estimate of drug-likeness (QED) is 0.587. The van der Waals surface area contributed by atoms with Gasteiger partial charge in [0.2, 0.25) is 0 Å². The summed E-state index contributed by atoms with van der Waals surface area (Å²) in [6.07, 6.45) is 10.8. The van der Waals surface area contributed by atoms with Crippen LogP contribution in [0.4, 0.5) is 0 Å². The van der Waals surface area contributed by atoms with Gasteiger partial charge in [0.05, 0.1) is 5.88 Å². The summed E-state index contributed by atoms with van der Waals surface area (Å²) in [4.78, 5) is 24.4. The molecule has 2 saturated carbocycles. The zero-order valence-electron chi connectivity index (χ0n) is 15.7. The standard InChI is InChI=1S/C22H27ClO3/c1-13-10-15-16(20(2)7-4-14(24)11-18(13)20)5-8-21(3)17(15)6-9-22(21,26)19(25)12-23/h4-5,7,11,13,15,17,26H,6,8-10,12H2,1-3H3/t13-,15+,17-,20+,21-,22-/m0/s1. The molecule has 0 aromatic heterocycles. The third-order valence-corrected chi connectivity index (χ3v) is 8.25. The molecule has 4 aliphatic carbocycles. The van der Waals surface area contributed by atoms with Crippen molar-refractivity contribution in [3.63, 3.8) is 0 Å². The minimum Gasteiger partial charge on any atom is -0.381 e. The third-order valence-electron chi connectivity index (χ3n) is 8.01. The molecule has 0 bridgehead atoms. The minimum absolute atomic E-state index is 0.0759. The highest BCUT2D eigenvalue weighted by molar-refractivity contribution is 6.29. The van der Waals surface area contributed by atoms with E-state index in [0.717, 1.165) is 12.8 Å². The van der Waals surface area contributed by atoms with Crippen LogP contribution in [-0.2, 0) is 9.59 Å². The molecule has 0 spiro atoms. The molecule has 0 radical (unpaired) electrons. The monoisotopic (exact) mass is 374 g/mol. The smallest absolute Gasteiger partial charge is 0.179 e. The summed E-state index contributed by atoms with van der Waals surface area (Å²) in [6.45, 7) is 6.48. The highest BCUT2D eigenvalue weighted by Crippen LogP contribution is 2.65. The van der Waals surface area contributed by atoms with E-state index in [1.54, 1.807) is 6.08 Å². The van der Waals surface area contributed by atoms with Gasteiger partial charge in [0.25, 0.3) is 0 Å². The average molecular weight is 375 g/mol. The van der Waals surface area contributed by atoms with Crippen molar-refractivity contribution >= 4 is 23.2 Å². The predicted molar refractivity (Wildman–Crippen MR) is 102 cm³/mol. The van der Waals surface area contributed by atoms with Gasteiger partial charge < -0.3 is 5.11 Å². The van der Waals surface area contributed by atoms with Crippen molar-refractivity contribution in [1.29, 1.82) is 0 Å². The first-order chi connectivity index (χ1) is 12.2. The number of hydrogen-bond acceptors (Lipinski definition) is 3. The summed E-state index contributed by atoms with van der Waals surface area (Å²) in [6, 6.07) is 0. The predicted octanol–water partition coefficient (Wildman–Crippen LogP) is 4.00. The van der Waals surface area contributed by atoms with Crippen LogP contribution in [0.3, 0.4) is 0 Å². The number of rotatable bonds is 2. The molecule has 26 heavy (non-hydrogen) atoms. The maximum Gasteiger partial charge on any atom is 0.179 e. The fraction of sp³-hybridized carbons (Fsp3) is 0.636. The summed E-state index contributed by atoms with van der Waals surface area (Å²) in [5.74, 6) is 0.626. The maximum absolute atomic E-state index is 12.5. The molecule has 0 saturated heterocycles. The first kappa shape index (κ1) is 18.2. The van der Waals surface area contributed by atoms with Crippen LogP contribution in [0.1, 0.15) is 46.5 Å². The van der Waals surface area contributed by atoms with Gasteiger partial charge in [0, 0.05) is 10.8 Å². The first-order valence-corrected chi connectivity index (χ1v) is 10.2. The maximum atomic E-state index is 12.5. The summed E-state index contributed by atoms with van der Waals surface area (Å²) >= 11 is 5.83. The number of aliphatic hydroxyl groups is 1. The molecule has 0 aliphatic heterocycles. The molecule has 140 valence electrons. The van der Waals surface area contributed by atoms with Crippen LogP contribution in [-0.4, -0.2) is 28.2 Å². The van der Waals surface area contributed by atoms with Crippen molar-refractivity contribution in [2.45, 2.75) is 52.1 Å². The van der Waals surface area contributed by atoms with E-state index in [1.807, 2.05) is 6.08 Å². The van der Waals surface area contributed by atoms with Crippen molar-refractivity contribution in [2.75, 3.05) is 5.88 Å². The number of carbonyl (C=O) groups is 2. The molecular formula is C22H27ClO3. The Morgan fingerprint density at radius 1 is 1.35 bits per heavy atom. The highest BCUT2D eigenvalue weighted by Gasteiger charge is 2.64. The van der Waals surface area contributed by atoms with Crippen LogP contribution in [0.25, 0.3) is 0 Å². The molecule has 0 aromatic rings. The molecule has 0 amide bonds. The van der Waals surface area contributed by atoms with Gasteiger partial charge in [-0.05, 0) is 68.1 Å². The Kier molecular flexibility index (Phi) is 3.95. The number of ketones is 2. The van der Waals surface area contributed by atoms with Crippen molar-refractivity contribution in [2.24, 2.45) is 28.6 Å². The van der Waals surface area contributed by atoms with E-state index >= 15 is 0 Å². The summed E-state index contributed by atoms with van der Waals surface area (Å²) < 4.78 is 0. The molecule has 6 atom stereocenters. The minimum atomic E-state index is -1.32. The Labute approximate surface area is 160 Å². The summed E-state index contributed by atoms with van der Waals surface area (Å²) in [7, 11) is 0. The summed E-state index contributed by atoms with van der Waals surface area (Å²) in [5.41, 5.74) is 0.588. The number of allylic oxidation sites excluding steroid dienone is 6. The van der Waals surface area contributed by atoms with Crippen molar-refractivity contribution in [3.8, 4) is 0 Å². The second-order valence-electron chi connectivity index (χ2n) is 9.12. The molecule has 2 fully saturated rings. The fourth-order valence-corrected chi connectivity index (χ4v) is 6.73. The van der Waals surface area contributed by atoms with Gasteiger partial charge in [0.1, 0.15) is 5.60 Å². The SMILES string of the molecule is C[C@H]1C[C@@H]2C(=CC[C@@]3(C)[C@H]2CC[C@]3(O)C(=O)CCl)[C@@]2(C)C=CC(=O)C=C12. The Morgan fingerprint density at radius 2 is 2.08 bits per heavy atom. The molecular weight excluding hydrogens is 348 g/mol. The molecule has 4 rings (SSSR count). The average Bonchev–Trinajstić information content (AvgIpc) is 2.88. The van der Waals surface area contributed by atoms with E-state index in [4.69, 9.17) is 11.6 Å². The third kappa shape index (κ3) is 2.10. The Morgan fingerprint density at radius 3 is 2.77 bits per heavy atom. The van der Waals surface area contributed by atoms with Crippen LogP contribution < -0.4 is 0 Å². The van der Waals surface area contributed by atoms with E-state index in [2.05, 4.69) is 32.9 Å². The Bertz CT molecular complexity index is 778. The van der Waals surface area contributed by atoms with Crippen molar-refractivity contribution in [3.05, 3.63) is 35.5 Å². The lowest BCUT2D eigenvalue weighted by Crippen LogP contribution is -2.55. The molecule has 0 aromatic carbocycles. The van der Waals surface area contributed by atoms with E-state index < -0.39 is 11.0 Å². The first-order valence-electron chi connectivity index (χ1n) is 9.65. The zero-order valence-corrected chi connectivity index (χ0v) is 16.5. The van der Waals surface area contributed by atoms with Gasteiger partial charge in [0.15, 0.2) is 11.6 Å². The lowest BCUT2D eigenvalue weighted by molar-refractivity contribution is -0.150. The van der Waals surface area contributed by atoms with Gasteiger partial charge in [-0.25, -0.2) is 0 Å². The number of halogens is 1. The molecule has 3 nitrogen and oxygen atoms in total. The van der Waals surface area contributed by atoms with Crippen LogP contribution in [0.2, 0.25) is 0 Å². The van der Waals surface area contributed by atoms with Gasteiger partial charge >= 0.3 is 0 Å². The Hall–Kier alpha value is -1.19. The topological polar surface area (TPSA) is 54.4 Å². The largest absolute Gasteiger partial charge is 0.381 e. The van der Waals surface area contributed by atoms with Gasteiger partial charge in [-0.15, -0.1) is 11.6 Å². The van der Waals surface area contributed by atoms with Gasteiger partial charge in [-0.1, -0.05) is 31.6 Å². The molecule has 1 N–H and O–H groups in total. The highest BCUT2D eigenvalue weighted by atomic mass is 35.5. The normalized spacial score (nSPS) is 46.8. The lowest BCUT2D eigenvalue weighted by Gasteiger charge is -2.55. The van der Waals surface area contributed by atoms with Crippen LogP contribution >= 0.6 is 11.6 Å². The number of fused-ring (bicyclic) bond motifs is 5. The second kappa shape index (κ2) is 5.65. The Balaban J connectivity index is 1.80. The number of carbonyl (C=O) groups excluding carboxylic acids is 2. The van der Waals surface area contributed by atoms with Gasteiger partial charge in [-0.2, -0.15) is 0 Å². The van der Waals surface area contributed by atoms with E-state index in [1.165, 1.54) is 11.1 Å². The number of hydrogen-bond donors (Lipinski definition) is 1. The second-order valence-corrected chi connectivity index (χ2v) is 9.39.